The molecule has 1 saturated heterocycles. The van der Waals surface area contributed by atoms with Crippen molar-refractivity contribution >= 4 is 12.0 Å². The molecule has 1 heterocycles. The van der Waals surface area contributed by atoms with Crippen LogP contribution in [-0.2, 0) is 19.0 Å². The van der Waals surface area contributed by atoms with Gasteiger partial charge >= 0.3 is 5.97 Å². The molecule has 5 atom stereocenters. The fourth-order valence-electron chi connectivity index (χ4n) is 2.57. The molecule has 10 heteroatoms. The summed E-state index contributed by atoms with van der Waals surface area (Å²) in [6, 6.07) is 7.93. The number of hydrogen-bond acceptors (Lipinski definition) is 10. The normalized spacial score (nSPS) is 27.0. The van der Waals surface area contributed by atoms with E-state index < -0.39 is 43.3 Å². The van der Waals surface area contributed by atoms with Gasteiger partial charge in [0.05, 0.1) is 19.3 Å². The van der Waals surface area contributed by atoms with Crippen LogP contribution < -0.4 is 0 Å². The van der Waals surface area contributed by atoms with Gasteiger partial charge in [-0.1, -0.05) is 12.1 Å². The van der Waals surface area contributed by atoms with Gasteiger partial charge < -0.3 is 39.7 Å². The van der Waals surface area contributed by atoms with E-state index in [-0.39, 0.29) is 24.5 Å². The number of aromatic hydroxyl groups is 1. The summed E-state index contributed by atoms with van der Waals surface area (Å²) in [6.07, 6.45) is -3.42. The van der Waals surface area contributed by atoms with Crippen molar-refractivity contribution in [1.82, 2.24) is 0 Å². The lowest BCUT2D eigenvalue weighted by Gasteiger charge is -2.39. The molecule has 1 fully saturated rings. The van der Waals surface area contributed by atoms with Crippen molar-refractivity contribution in [2.24, 2.45) is 0 Å². The van der Waals surface area contributed by atoms with Crippen LogP contribution >= 0.6 is 0 Å². The number of nitrogens with zero attached hydrogens (tertiary/aromatic N) is 1. The van der Waals surface area contributed by atoms with Gasteiger partial charge in [-0.15, -0.1) is 0 Å². The fraction of sp³-hybridized carbons (Fsp3) is 0.400. The second kappa shape index (κ2) is 11.4. The predicted molar refractivity (Wildman–Crippen MR) is 102 cm³/mol. The Kier molecular flexibility index (Phi) is 8.94. The van der Waals surface area contributed by atoms with Crippen LogP contribution in [0.1, 0.15) is 5.56 Å². The number of aliphatic hydroxyl groups excluding tert-OH is 4. The summed E-state index contributed by atoms with van der Waals surface area (Å²) >= 11 is 0. The summed E-state index contributed by atoms with van der Waals surface area (Å²) in [6.45, 7) is -1.15. The van der Waals surface area contributed by atoms with Crippen molar-refractivity contribution in [2.45, 2.75) is 30.7 Å². The Balaban J connectivity index is 1.87. The smallest absolute Gasteiger partial charge is 0.331 e. The average Bonchev–Trinajstić information content (AvgIpc) is 2.74. The van der Waals surface area contributed by atoms with E-state index in [0.29, 0.717) is 5.56 Å². The van der Waals surface area contributed by atoms with Crippen LogP contribution in [0.5, 0.6) is 5.75 Å². The van der Waals surface area contributed by atoms with Crippen LogP contribution in [0.2, 0.25) is 0 Å². The van der Waals surface area contributed by atoms with Crippen LogP contribution in [0.3, 0.4) is 0 Å². The highest BCUT2D eigenvalue weighted by Crippen LogP contribution is 2.22. The molecule has 162 valence electrons. The maximum absolute atomic E-state index is 11.8. The molecule has 1 aliphatic rings. The van der Waals surface area contributed by atoms with Gasteiger partial charge in [0.15, 0.2) is 6.29 Å². The first-order valence-electron chi connectivity index (χ1n) is 8.99. The average molecular weight is 421 g/mol. The first-order chi connectivity index (χ1) is 14.3. The molecule has 1 aromatic rings. The number of allylic oxidation sites excluding steroid dienone is 1. The standard InChI is InChI=1S/C20H23NO9/c21-8-7-13(10-28-16(24)6-3-12-1-4-14(23)5-2-12)11-29-20-19(27)18(26)17(25)15(9-22)30-20/h1-7,15,17-20,22-23,25-27H,9-11H2. The van der Waals surface area contributed by atoms with Crippen LogP contribution in [0.4, 0.5) is 0 Å². The number of benzene rings is 1. The molecule has 5 N–H and O–H groups in total. The number of carbonyl (C=O) groups is 1. The summed E-state index contributed by atoms with van der Waals surface area (Å²) in [7, 11) is 0. The zero-order valence-electron chi connectivity index (χ0n) is 15.9. The van der Waals surface area contributed by atoms with Crippen molar-refractivity contribution in [3.63, 3.8) is 0 Å². The van der Waals surface area contributed by atoms with E-state index in [2.05, 4.69) is 0 Å². The van der Waals surface area contributed by atoms with Crippen molar-refractivity contribution in [3.05, 3.63) is 47.6 Å². The number of carbonyl (C=O) groups excluding carboxylic acids is 1. The number of hydrogen-bond donors (Lipinski definition) is 5. The Morgan fingerprint density at radius 1 is 1.13 bits per heavy atom. The van der Waals surface area contributed by atoms with Crippen molar-refractivity contribution in [3.8, 4) is 11.8 Å². The van der Waals surface area contributed by atoms with E-state index in [1.165, 1.54) is 24.3 Å². The molecule has 0 saturated carbocycles. The lowest BCUT2D eigenvalue weighted by atomic mass is 9.99. The molecule has 0 bridgehead atoms. The molecule has 5 unspecified atom stereocenters. The largest absolute Gasteiger partial charge is 0.508 e. The summed E-state index contributed by atoms with van der Waals surface area (Å²) in [4.78, 5) is 11.8. The molecule has 0 aliphatic carbocycles. The van der Waals surface area contributed by atoms with Crippen molar-refractivity contribution in [1.29, 1.82) is 5.26 Å². The fourth-order valence-corrected chi connectivity index (χ4v) is 2.57. The zero-order chi connectivity index (χ0) is 22.1. The quantitative estimate of drug-likeness (QED) is 0.204. The Labute approximate surface area is 172 Å². The van der Waals surface area contributed by atoms with Gasteiger partial charge in [-0.05, 0) is 23.8 Å². The maximum atomic E-state index is 11.8. The number of nitriles is 1. The van der Waals surface area contributed by atoms with E-state index in [1.807, 2.05) is 0 Å². The molecule has 0 spiro atoms. The molecule has 1 aromatic carbocycles. The van der Waals surface area contributed by atoms with Gasteiger partial charge in [-0.3, -0.25) is 0 Å². The second-order valence-electron chi connectivity index (χ2n) is 6.47. The van der Waals surface area contributed by atoms with Crippen LogP contribution in [-0.4, -0.2) is 82.0 Å². The van der Waals surface area contributed by atoms with Gasteiger partial charge in [0.25, 0.3) is 0 Å². The molecule has 10 nitrogen and oxygen atoms in total. The van der Waals surface area contributed by atoms with Crippen LogP contribution in [0.25, 0.3) is 6.08 Å². The van der Waals surface area contributed by atoms with Gasteiger partial charge in [0, 0.05) is 17.7 Å². The molecule has 0 amide bonds. The van der Waals surface area contributed by atoms with Gasteiger partial charge in [0.2, 0.25) is 0 Å². The van der Waals surface area contributed by atoms with Crippen molar-refractivity contribution in [2.75, 3.05) is 19.8 Å². The Morgan fingerprint density at radius 3 is 2.47 bits per heavy atom. The number of rotatable bonds is 8. The monoisotopic (exact) mass is 421 g/mol. The predicted octanol–water partition coefficient (Wildman–Crippen LogP) is -0.785. The minimum absolute atomic E-state index is 0.0976. The molecular formula is C20H23NO9. The Morgan fingerprint density at radius 2 is 1.83 bits per heavy atom. The highest BCUT2D eigenvalue weighted by Gasteiger charge is 2.44. The van der Waals surface area contributed by atoms with Gasteiger partial charge in [-0.2, -0.15) is 5.26 Å². The zero-order valence-corrected chi connectivity index (χ0v) is 15.9. The molecule has 1 aliphatic heterocycles. The third kappa shape index (κ3) is 6.64. The van der Waals surface area contributed by atoms with E-state index >= 15 is 0 Å². The topological polar surface area (TPSA) is 170 Å². The van der Waals surface area contributed by atoms with E-state index in [4.69, 9.17) is 19.5 Å². The number of phenolic OH excluding ortho intramolecular Hbond substituents is 1. The lowest BCUT2D eigenvalue weighted by Crippen LogP contribution is -2.59. The van der Waals surface area contributed by atoms with Crippen LogP contribution in [0.15, 0.2) is 42.0 Å². The molecular weight excluding hydrogens is 398 g/mol. The highest BCUT2D eigenvalue weighted by atomic mass is 16.7. The molecule has 30 heavy (non-hydrogen) atoms. The summed E-state index contributed by atoms with van der Waals surface area (Å²) in [5.74, 6) is -0.583. The third-order valence-electron chi connectivity index (χ3n) is 4.25. The highest BCUT2D eigenvalue weighted by molar-refractivity contribution is 5.87. The lowest BCUT2D eigenvalue weighted by molar-refractivity contribution is -0.299. The van der Waals surface area contributed by atoms with E-state index in [0.717, 1.165) is 6.08 Å². The minimum Gasteiger partial charge on any atom is -0.508 e. The van der Waals surface area contributed by atoms with E-state index in [1.54, 1.807) is 18.2 Å². The SMILES string of the molecule is N#CC=C(COC(=O)C=Cc1ccc(O)cc1)COC1OC(CO)C(O)C(O)C1O. The maximum Gasteiger partial charge on any atom is 0.331 e. The Bertz CT molecular complexity index is 797. The summed E-state index contributed by atoms with van der Waals surface area (Å²) < 4.78 is 15.6. The summed E-state index contributed by atoms with van der Waals surface area (Å²) in [5, 5.41) is 56.7. The summed E-state index contributed by atoms with van der Waals surface area (Å²) in [5.41, 5.74) is 0.921. The van der Waals surface area contributed by atoms with Gasteiger partial charge in [0.1, 0.15) is 36.8 Å². The Hall–Kier alpha value is -2.78. The second-order valence-corrected chi connectivity index (χ2v) is 6.47. The van der Waals surface area contributed by atoms with Crippen molar-refractivity contribution < 1.29 is 44.5 Å². The van der Waals surface area contributed by atoms with Gasteiger partial charge in [-0.25, -0.2) is 4.79 Å². The molecule has 2 rings (SSSR count). The first-order valence-corrected chi connectivity index (χ1v) is 8.99. The number of phenols is 1. The van der Waals surface area contributed by atoms with Crippen LogP contribution in [0, 0.1) is 11.3 Å². The number of esters is 1. The van der Waals surface area contributed by atoms with E-state index in [9.17, 15) is 30.3 Å². The number of aliphatic hydroxyl groups is 4. The first kappa shape index (κ1) is 23.5. The number of ether oxygens (including phenoxy) is 3. The molecule has 0 radical (unpaired) electrons. The molecule has 0 aromatic heterocycles. The minimum atomic E-state index is -1.59. The third-order valence-corrected chi connectivity index (χ3v) is 4.25.